The summed E-state index contributed by atoms with van der Waals surface area (Å²) in [6, 6.07) is 9.70. The lowest BCUT2D eigenvalue weighted by Crippen LogP contribution is -2.52. The molecule has 1 amide bonds. The molecule has 1 aromatic rings. The Balaban J connectivity index is 1.76. The molecule has 1 unspecified atom stereocenters. The number of aliphatic imine (C=N–C) groups is 1. The van der Waals surface area contributed by atoms with Gasteiger partial charge in [-0.2, -0.15) is 0 Å². The molecule has 1 aliphatic rings. The zero-order valence-corrected chi connectivity index (χ0v) is 19.7. The lowest BCUT2D eigenvalue weighted by atomic mass is 9.88. The summed E-state index contributed by atoms with van der Waals surface area (Å²) in [5, 5.41) is 3.21. The fraction of sp³-hybridized carbons (Fsp3) is 0.640. The van der Waals surface area contributed by atoms with Crippen LogP contribution in [-0.2, 0) is 16.1 Å². The number of nitrogens with one attached hydrogen (secondary N) is 1. The van der Waals surface area contributed by atoms with Crippen LogP contribution in [0.1, 0.15) is 70.8 Å². The number of hydrogen-bond donors (Lipinski definition) is 2. The van der Waals surface area contributed by atoms with Crippen LogP contribution in [-0.4, -0.2) is 48.4 Å². The number of hydrogen-bond acceptors (Lipinski definition) is 4. The van der Waals surface area contributed by atoms with E-state index in [4.69, 9.17) is 10.5 Å². The number of likely N-dealkylation sites (tertiary alicyclic amines) is 1. The van der Waals surface area contributed by atoms with E-state index in [9.17, 15) is 9.59 Å². The molecule has 1 heterocycles. The van der Waals surface area contributed by atoms with Gasteiger partial charge in [-0.3, -0.25) is 4.99 Å². The van der Waals surface area contributed by atoms with Crippen LogP contribution in [0.25, 0.3) is 0 Å². The summed E-state index contributed by atoms with van der Waals surface area (Å²) in [5.41, 5.74) is 6.50. The number of carbonyl (C=O) groups excluding carboxylic acids is 2. The topological polar surface area (TPSA) is 97.0 Å². The molecule has 178 valence electrons. The molecule has 7 nitrogen and oxygen atoms in total. The molecule has 1 fully saturated rings. The van der Waals surface area contributed by atoms with Gasteiger partial charge < -0.3 is 25.5 Å². The molecule has 0 bridgehead atoms. The molecule has 1 saturated heterocycles. The van der Waals surface area contributed by atoms with Gasteiger partial charge in [0, 0.05) is 19.6 Å². The van der Waals surface area contributed by atoms with Gasteiger partial charge in [0.25, 0.3) is 0 Å². The van der Waals surface area contributed by atoms with E-state index in [0.29, 0.717) is 38.1 Å². The maximum absolute atomic E-state index is 12.3. The number of guanidine groups is 1. The Morgan fingerprint density at radius 3 is 2.56 bits per heavy atom. The third-order valence-electron chi connectivity index (χ3n) is 6.12. The van der Waals surface area contributed by atoms with Crippen LogP contribution in [0.2, 0.25) is 0 Å². The van der Waals surface area contributed by atoms with Crippen LogP contribution in [0, 0.1) is 5.92 Å². The van der Waals surface area contributed by atoms with E-state index in [1.165, 1.54) is 0 Å². The van der Waals surface area contributed by atoms with Crippen molar-refractivity contribution in [3.63, 3.8) is 0 Å². The number of rotatable bonds is 13. The highest BCUT2D eigenvalue weighted by Crippen LogP contribution is 2.21. The van der Waals surface area contributed by atoms with Crippen molar-refractivity contribution in [2.24, 2.45) is 16.6 Å². The van der Waals surface area contributed by atoms with Crippen molar-refractivity contribution in [3.8, 4) is 0 Å². The number of carbonyl (C=O) groups is 2. The minimum absolute atomic E-state index is 0.261. The van der Waals surface area contributed by atoms with E-state index in [1.807, 2.05) is 30.3 Å². The van der Waals surface area contributed by atoms with E-state index in [2.05, 4.69) is 24.2 Å². The number of ether oxygens (including phenoxy) is 1. The molecule has 3 N–H and O–H groups in total. The molecular formula is C25H40N4O3. The summed E-state index contributed by atoms with van der Waals surface area (Å²) >= 11 is 0. The van der Waals surface area contributed by atoms with E-state index in [1.54, 1.807) is 4.90 Å². The average molecular weight is 445 g/mol. The van der Waals surface area contributed by atoms with Gasteiger partial charge in [-0.1, -0.05) is 69.9 Å². The fourth-order valence-electron chi connectivity index (χ4n) is 4.09. The van der Waals surface area contributed by atoms with Gasteiger partial charge in [-0.15, -0.1) is 0 Å². The quantitative estimate of drug-likeness (QED) is 0.269. The predicted octanol–water partition coefficient (Wildman–Crippen LogP) is 4.26. The first-order chi connectivity index (χ1) is 15.5. The van der Waals surface area contributed by atoms with Gasteiger partial charge in [0.15, 0.2) is 5.96 Å². The maximum atomic E-state index is 12.3. The first-order valence-corrected chi connectivity index (χ1v) is 12.0. The van der Waals surface area contributed by atoms with E-state index >= 15 is 0 Å². The predicted molar refractivity (Wildman–Crippen MR) is 128 cm³/mol. The van der Waals surface area contributed by atoms with Gasteiger partial charge in [-0.05, 0) is 37.2 Å². The lowest BCUT2D eigenvalue weighted by molar-refractivity contribution is -0.113. The third kappa shape index (κ3) is 8.52. The Morgan fingerprint density at radius 2 is 1.94 bits per heavy atom. The zero-order chi connectivity index (χ0) is 23.2. The first-order valence-electron chi connectivity index (χ1n) is 12.0. The van der Waals surface area contributed by atoms with E-state index in [-0.39, 0.29) is 6.09 Å². The Morgan fingerprint density at radius 1 is 1.25 bits per heavy atom. The van der Waals surface area contributed by atoms with Gasteiger partial charge in [0.2, 0.25) is 0 Å². The van der Waals surface area contributed by atoms with Crippen molar-refractivity contribution in [1.82, 2.24) is 10.2 Å². The SMILES string of the molecule is CCCCC(C=O)(CCCC)NC(N)=NCCC1CCN(C(=O)OCc2ccccc2)C1. The lowest BCUT2D eigenvalue weighted by Gasteiger charge is -2.30. The highest BCUT2D eigenvalue weighted by atomic mass is 16.6. The largest absolute Gasteiger partial charge is 0.445 e. The highest BCUT2D eigenvalue weighted by Gasteiger charge is 2.29. The summed E-state index contributed by atoms with van der Waals surface area (Å²) < 4.78 is 5.43. The number of nitrogens with zero attached hydrogens (tertiary/aromatic N) is 2. The van der Waals surface area contributed by atoms with Crippen molar-refractivity contribution in [2.45, 2.75) is 77.4 Å². The van der Waals surface area contributed by atoms with Crippen LogP contribution in [0.5, 0.6) is 0 Å². The van der Waals surface area contributed by atoms with Crippen molar-refractivity contribution < 1.29 is 14.3 Å². The molecule has 1 atom stereocenters. The van der Waals surface area contributed by atoms with Gasteiger partial charge in [-0.25, -0.2) is 4.79 Å². The summed E-state index contributed by atoms with van der Waals surface area (Å²) in [6.07, 6.45) is 8.09. The van der Waals surface area contributed by atoms with Gasteiger partial charge >= 0.3 is 6.09 Å². The normalized spacial score (nSPS) is 16.8. The van der Waals surface area contributed by atoms with Crippen molar-refractivity contribution >= 4 is 18.3 Å². The molecule has 1 aliphatic heterocycles. The monoisotopic (exact) mass is 444 g/mol. The Labute approximate surface area is 192 Å². The third-order valence-corrected chi connectivity index (χ3v) is 6.12. The molecule has 0 spiro atoms. The number of nitrogens with two attached hydrogens (primary N) is 1. The van der Waals surface area contributed by atoms with Gasteiger partial charge in [0.05, 0.1) is 5.54 Å². The number of amides is 1. The standard InChI is InChI=1S/C25H40N4O3/c1-3-5-14-25(20-30,15-6-4-2)28-23(26)27-16-12-21-13-17-29(18-21)24(31)32-19-22-10-8-7-9-11-22/h7-11,20-21H,3-6,12-19H2,1-2H3,(H3,26,27,28). The molecule has 7 heteroatoms. The van der Waals surface area contributed by atoms with Crippen molar-refractivity contribution in [3.05, 3.63) is 35.9 Å². The number of unbranched alkanes of at least 4 members (excludes halogenated alkanes) is 2. The van der Waals surface area contributed by atoms with Crippen LogP contribution in [0.15, 0.2) is 35.3 Å². The van der Waals surface area contributed by atoms with Gasteiger partial charge in [0.1, 0.15) is 12.9 Å². The second-order valence-electron chi connectivity index (χ2n) is 8.80. The Hall–Kier alpha value is -2.57. The summed E-state index contributed by atoms with van der Waals surface area (Å²) in [4.78, 5) is 30.4. The summed E-state index contributed by atoms with van der Waals surface area (Å²) in [7, 11) is 0. The van der Waals surface area contributed by atoms with Crippen LogP contribution in [0.4, 0.5) is 4.79 Å². The Bertz CT molecular complexity index is 715. The maximum Gasteiger partial charge on any atom is 0.410 e. The molecule has 2 rings (SSSR count). The van der Waals surface area contributed by atoms with Crippen LogP contribution < -0.4 is 11.1 Å². The fourth-order valence-corrected chi connectivity index (χ4v) is 4.09. The minimum atomic E-state index is -0.619. The first kappa shape index (κ1) is 25.7. The minimum Gasteiger partial charge on any atom is -0.445 e. The molecule has 32 heavy (non-hydrogen) atoms. The molecule has 0 saturated carbocycles. The molecule has 0 aliphatic carbocycles. The van der Waals surface area contributed by atoms with E-state index in [0.717, 1.165) is 63.2 Å². The molecular weight excluding hydrogens is 404 g/mol. The Kier molecular flexibility index (Phi) is 11.0. The summed E-state index contributed by atoms with van der Waals surface area (Å²) in [5.74, 6) is 0.716. The van der Waals surface area contributed by atoms with Crippen molar-refractivity contribution in [1.29, 1.82) is 0 Å². The van der Waals surface area contributed by atoms with E-state index < -0.39 is 5.54 Å². The van der Waals surface area contributed by atoms with Crippen LogP contribution >= 0.6 is 0 Å². The smallest absolute Gasteiger partial charge is 0.410 e. The zero-order valence-electron chi connectivity index (χ0n) is 19.7. The summed E-state index contributed by atoms with van der Waals surface area (Å²) in [6.45, 7) is 6.50. The second kappa shape index (κ2) is 13.8. The average Bonchev–Trinajstić information content (AvgIpc) is 3.29. The molecule has 1 aromatic carbocycles. The number of aldehydes is 1. The molecule has 0 radical (unpaired) electrons. The van der Waals surface area contributed by atoms with Crippen LogP contribution in [0.3, 0.4) is 0 Å². The second-order valence-corrected chi connectivity index (χ2v) is 8.80. The number of benzene rings is 1. The highest BCUT2D eigenvalue weighted by molar-refractivity contribution is 5.83. The van der Waals surface area contributed by atoms with Crippen molar-refractivity contribution in [2.75, 3.05) is 19.6 Å². The molecule has 0 aromatic heterocycles.